The van der Waals surface area contributed by atoms with E-state index in [9.17, 15) is 0 Å². The zero-order valence-corrected chi connectivity index (χ0v) is 11.1. The quantitative estimate of drug-likeness (QED) is 0.933. The fourth-order valence-electron chi connectivity index (χ4n) is 2.09. The molecule has 0 atom stereocenters. The Bertz CT molecular complexity index is 551. The van der Waals surface area contributed by atoms with Crippen LogP contribution in [0.25, 0.3) is 0 Å². The van der Waals surface area contributed by atoms with Crippen molar-refractivity contribution in [3.63, 3.8) is 0 Å². The molecule has 19 heavy (non-hydrogen) atoms. The molecule has 0 aliphatic carbocycles. The van der Waals surface area contributed by atoms with Crippen molar-refractivity contribution in [2.45, 2.75) is 12.8 Å². The van der Waals surface area contributed by atoms with Crippen LogP contribution in [0.3, 0.4) is 0 Å². The van der Waals surface area contributed by atoms with Crippen molar-refractivity contribution in [2.75, 3.05) is 23.3 Å². The number of hydrogen-bond donors (Lipinski definition) is 1. The van der Waals surface area contributed by atoms with Crippen LogP contribution in [0.4, 0.5) is 17.5 Å². The van der Waals surface area contributed by atoms with Gasteiger partial charge in [0.2, 0.25) is 5.95 Å². The molecule has 5 nitrogen and oxygen atoms in total. The van der Waals surface area contributed by atoms with Gasteiger partial charge in [-0.25, -0.2) is 0 Å². The van der Waals surface area contributed by atoms with E-state index >= 15 is 0 Å². The van der Waals surface area contributed by atoms with Gasteiger partial charge in [-0.05, 0) is 37.1 Å². The minimum absolute atomic E-state index is 0.691. The summed E-state index contributed by atoms with van der Waals surface area (Å²) in [7, 11) is 0. The monoisotopic (exact) mass is 275 g/mol. The Morgan fingerprint density at radius 2 is 1.84 bits per heavy atom. The first-order valence-electron chi connectivity index (χ1n) is 6.28. The summed E-state index contributed by atoms with van der Waals surface area (Å²) in [6.45, 7) is 2.01. The summed E-state index contributed by atoms with van der Waals surface area (Å²) < 4.78 is 0. The van der Waals surface area contributed by atoms with Crippen LogP contribution in [-0.4, -0.2) is 28.3 Å². The van der Waals surface area contributed by atoms with Crippen molar-refractivity contribution in [3.8, 4) is 0 Å². The topological polar surface area (TPSA) is 53.9 Å². The van der Waals surface area contributed by atoms with Crippen LogP contribution in [0.1, 0.15) is 12.8 Å². The summed E-state index contributed by atoms with van der Waals surface area (Å²) >= 11 is 5.85. The summed E-state index contributed by atoms with van der Waals surface area (Å²) in [5.74, 6) is 1.38. The summed E-state index contributed by atoms with van der Waals surface area (Å²) in [5.41, 5.74) is 0.928. The molecule has 98 valence electrons. The first kappa shape index (κ1) is 12.2. The van der Waals surface area contributed by atoms with Crippen LogP contribution in [-0.2, 0) is 0 Å². The molecule has 0 radical (unpaired) electrons. The molecule has 1 aromatic carbocycles. The fraction of sp³-hybridized carbons (Fsp3) is 0.308. The molecule has 3 rings (SSSR count). The van der Waals surface area contributed by atoms with Gasteiger partial charge in [0, 0.05) is 23.8 Å². The number of nitrogens with one attached hydrogen (secondary N) is 1. The zero-order valence-electron chi connectivity index (χ0n) is 10.4. The van der Waals surface area contributed by atoms with Crippen molar-refractivity contribution in [1.29, 1.82) is 0 Å². The van der Waals surface area contributed by atoms with Gasteiger partial charge in [0.25, 0.3) is 0 Å². The zero-order chi connectivity index (χ0) is 13.1. The Balaban J connectivity index is 1.77. The number of halogens is 1. The van der Waals surface area contributed by atoms with E-state index in [0.717, 1.165) is 18.8 Å². The highest BCUT2D eigenvalue weighted by molar-refractivity contribution is 6.30. The van der Waals surface area contributed by atoms with Crippen LogP contribution >= 0.6 is 11.6 Å². The third-order valence-electron chi connectivity index (χ3n) is 3.05. The lowest BCUT2D eigenvalue weighted by atomic mass is 10.3. The molecular formula is C13H14ClN5. The van der Waals surface area contributed by atoms with Crippen molar-refractivity contribution >= 4 is 29.1 Å². The standard InChI is InChI=1S/C13H14ClN5/c14-10-3-5-11(6-4-10)16-12-9-15-18-13(17-12)19-7-1-2-8-19/h3-6,9H,1-2,7-8H2,(H,16,17,18). The van der Waals surface area contributed by atoms with Gasteiger partial charge in [-0.2, -0.15) is 10.1 Å². The first-order valence-corrected chi connectivity index (χ1v) is 6.66. The third-order valence-corrected chi connectivity index (χ3v) is 3.31. The molecule has 0 amide bonds. The van der Waals surface area contributed by atoms with Gasteiger partial charge in [0.15, 0.2) is 5.82 Å². The van der Waals surface area contributed by atoms with E-state index < -0.39 is 0 Å². The second-order valence-corrected chi connectivity index (χ2v) is 4.90. The minimum atomic E-state index is 0.691. The van der Waals surface area contributed by atoms with Crippen LogP contribution in [0.2, 0.25) is 5.02 Å². The molecule has 1 aliphatic heterocycles. The molecule has 6 heteroatoms. The van der Waals surface area contributed by atoms with Crippen molar-refractivity contribution in [3.05, 3.63) is 35.5 Å². The van der Waals surface area contributed by atoms with Crippen LogP contribution in [0.5, 0.6) is 0 Å². The predicted molar refractivity (Wildman–Crippen MR) is 76.0 cm³/mol. The van der Waals surface area contributed by atoms with Gasteiger partial charge in [0.1, 0.15) is 0 Å². The molecule has 0 spiro atoms. The number of benzene rings is 1. The van der Waals surface area contributed by atoms with E-state index in [1.165, 1.54) is 12.8 Å². The molecule has 1 saturated heterocycles. The van der Waals surface area contributed by atoms with E-state index in [-0.39, 0.29) is 0 Å². The third kappa shape index (κ3) is 2.93. The van der Waals surface area contributed by atoms with Gasteiger partial charge < -0.3 is 10.2 Å². The molecule has 2 aromatic rings. The fourth-order valence-corrected chi connectivity index (χ4v) is 2.21. The van der Waals surface area contributed by atoms with Gasteiger partial charge in [0.05, 0.1) is 6.20 Å². The lowest BCUT2D eigenvalue weighted by molar-refractivity contribution is 0.852. The average molecular weight is 276 g/mol. The molecule has 0 bridgehead atoms. The second kappa shape index (κ2) is 5.40. The molecule has 0 unspecified atom stereocenters. The highest BCUT2D eigenvalue weighted by atomic mass is 35.5. The van der Waals surface area contributed by atoms with E-state index in [0.29, 0.717) is 16.8 Å². The molecule has 1 aromatic heterocycles. The highest BCUT2D eigenvalue weighted by Gasteiger charge is 2.15. The first-order chi connectivity index (χ1) is 9.31. The van der Waals surface area contributed by atoms with E-state index in [4.69, 9.17) is 11.6 Å². The maximum Gasteiger partial charge on any atom is 0.247 e. The molecule has 1 aliphatic rings. The second-order valence-electron chi connectivity index (χ2n) is 4.47. The SMILES string of the molecule is Clc1ccc(Nc2cnnc(N3CCCC3)n2)cc1. The number of anilines is 3. The average Bonchev–Trinajstić information content (AvgIpc) is 2.96. The predicted octanol–water partition coefficient (Wildman–Crippen LogP) is 2.87. The van der Waals surface area contributed by atoms with Gasteiger partial charge >= 0.3 is 0 Å². The van der Waals surface area contributed by atoms with Crippen LogP contribution in [0, 0.1) is 0 Å². The lowest BCUT2D eigenvalue weighted by Crippen LogP contribution is -2.21. The molecule has 2 heterocycles. The highest BCUT2D eigenvalue weighted by Crippen LogP contribution is 2.19. The van der Waals surface area contributed by atoms with Crippen molar-refractivity contribution < 1.29 is 0 Å². The molecule has 1 N–H and O–H groups in total. The van der Waals surface area contributed by atoms with E-state index in [2.05, 4.69) is 25.4 Å². The van der Waals surface area contributed by atoms with Crippen molar-refractivity contribution in [2.24, 2.45) is 0 Å². The van der Waals surface area contributed by atoms with Crippen LogP contribution < -0.4 is 10.2 Å². The number of nitrogens with zero attached hydrogens (tertiary/aromatic N) is 4. The Morgan fingerprint density at radius 3 is 2.58 bits per heavy atom. The minimum Gasteiger partial charge on any atom is -0.339 e. The summed E-state index contributed by atoms with van der Waals surface area (Å²) in [4.78, 5) is 6.63. The Labute approximate surface area is 116 Å². The smallest absolute Gasteiger partial charge is 0.247 e. The Morgan fingerprint density at radius 1 is 1.11 bits per heavy atom. The Hall–Kier alpha value is -1.88. The van der Waals surface area contributed by atoms with Gasteiger partial charge in [-0.3, -0.25) is 0 Å². The number of hydrogen-bond acceptors (Lipinski definition) is 5. The van der Waals surface area contributed by atoms with Crippen molar-refractivity contribution in [1.82, 2.24) is 15.2 Å². The largest absolute Gasteiger partial charge is 0.339 e. The van der Waals surface area contributed by atoms with E-state index in [1.807, 2.05) is 24.3 Å². The van der Waals surface area contributed by atoms with Gasteiger partial charge in [-0.15, -0.1) is 5.10 Å². The summed E-state index contributed by atoms with van der Waals surface area (Å²) in [5, 5.41) is 12.0. The van der Waals surface area contributed by atoms with E-state index in [1.54, 1.807) is 6.20 Å². The number of rotatable bonds is 3. The maximum absolute atomic E-state index is 5.85. The number of aromatic nitrogens is 3. The molecular weight excluding hydrogens is 262 g/mol. The Kier molecular flexibility index (Phi) is 3.46. The lowest BCUT2D eigenvalue weighted by Gasteiger charge is -2.14. The summed E-state index contributed by atoms with van der Waals surface area (Å²) in [6, 6.07) is 7.47. The van der Waals surface area contributed by atoms with Crippen LogP contribution in [0.15, 0.2) is 30.5 Å². The molecule has 0 saturated carbocycles. The maximum atomic E-state index is 5.85. The molecule has 1 fully saturated rings. The summed E-state index contributed by atoms with van der Waals surface area (Å²) in [6.07, 6.45) is 4.00. The van der Waals surface area contributed by atoms with Gasteiger partial charge in [-0.1, -0.05) is 11.6 Å². The normalized spacial score (nSPS) is 14.7.